The minimum Gasteiger partial charge on any atom is -0.351 e. The van der Waals surface area contributed by atoms with Crippen LogP contribution in [0.2, 0.25) is 0 Å². The number of halogens is 1. The second-order valence-corrected chi connectivity index (χ2v) is 2.66. The van der Waals surface area contributed by atoms with Gasteiger partial charge in [-0.2, -0.15) is 0 Å². The second-order valence-electron chi connectivity index (χ2n) is 1.55. The highest BCUT2D eigenvalue weighted by molar-refractivity contribution is 14.1. The number of hydrogen-bond donors (Lipinski definition) is 1. The topological polar surface area (TPSA) is 41.6 Å². The highest BCUT2D eigenvalue weighted by Crippen LogP contribution is 1.91. The van der Waals surface area contributed by atoms with E-state index in [9.17, 15) is 0 Å². The van der Waals surface area contributed by atoms with Gasteiger partial charge in [0.05, 0.1) is 0 Å². The van der Waals surface area contributed by atoms with Gasteiger partial charge in [-0.3, -0.25) is 0 Å². The fraction of sp³-hybridized carbons (Fsp3) is 0. The van der Waals surface area contributed by atoms with Crippen molar-refractivity contribution in [2.75, 3.05) is 0 Å². The Morgan fingerprint density at radius 1 is 1.40 bits per heavy atom. The Morgan fingerprint density at radius 2 is 2.30 bits per heavy atom. The van der Waals surface area contributed by atoms with Gasteiger partial charge < -0.3 is 4.98 Å². The van der Waals surface area contributed by atoms with Crippen LogP contribution in [0.1, 0.15) is 0 Å². The predicted octanol–water partition coefficient (Wildman–Crippen LogP) is 1.53. The first-order chi connectivity index (χ1) is 4.89. The molecular formula is C6H6IN3. The summed E-state index contributed by atoms with van der Waals surface area (Å²) in [5.41, 5.74) is 0. The monoisotopic (exact) mass is 247 g/mol. The molecule has 1 aromatic heterocycles. The van der Waals surface area contributed by atoms with E-state index < -0.39 is 0 Å². The Labute approximate surface area is 72.4 Å². The van der Waals surface area contributed by atoms with Crippen LogP contribution in [0.5, 0.6) is 0 Å². The van der Waals surface area contributed by atoms with E-state index in [0.29, 0.717) is 0 Å². The van der Waals surface area contributed by atoms with Gasteiger partial charge in [0.1, 0.15) is 10.0 Å². The van der Waals surface area contributed by atoms with Gasteiger partial charge in [-0.05, 0) is 34.7 Å². The first kappa shape index (κ1) is 7.46. The largest absolute Gasteiger partial charge is 0.351 e. The van der Waals surface area contributed by atoms with Gasteiger partial charge in [-0.15, -0.1) is 10.2 Å². The first-order valence-electron chi connectivity index (χ1n) is 2.74. The standard InChI is InChI=1S/C6H6IN3/c7-6-3-1-2-4-8-5-9-10-6/h1-5H,(H,8,9). The van der Waals surface area contributed by atoms with E-state index in [-0.39, 0.29) is 0 Å². The van der Waals surface area contributed by atoms with E-state index in [4.69, 9.17) is 0 Å². The molecule has 0 fully saturated rings. The van der Waals surface area contributed by atoms with Crippen LogP contribution in [0.15, 0.2) is 30.7 Å². The predicted molar refractivity (Wildman–Crippen MR) is 46.7 cm³/mol. The minimum atomic E-state index is 0.863. The zero-order valence-corrected chi connectivity index (χ0v) is 7.32. The Kier molecular flexibility index (Phi) is 3.14. The lowest BCUT2D eigenvalue weighted by atomic mass is 10.6. The Morgan fingerprint density at radius 3 is 3.20 bits per heavy atom. The third-order valence-corrected chi connectivity index (χ3v) is 1.40. The van der Waals surface area contributed by atoms with E-state index in [1.54, 1.807) is 6.20 Å². The summed E-state index contributed by atoms with van der Waals surface area (Å²) >= 11 is 2.10. The molecule has 10 heavy (non-hydrogen) atoms. The van der Waals surface area contributed by atoms with Crippen molar-refractivity contribution in [1.82, 2.24) is 15.2 Å². The summed E-state index contributed by atoms with van der Waals surface area (Å²) in [4.78, 5) is 2.81. The van der Waals surface area contributed by atoms with E-state index in [1.807, 2.05) is 18.2 Å². The molecule has 0 spiro atoms. The molecule has 0 unspecified atom stereocenters. The summed E-state index contributed by atoms with van der Waals surface area (Å²) in [6.45, 7) is 0. The van der Waals surface area contributed by atoms with Gasteiger partial charge in [0.2, 0.25) is 0 Å². The molecule has 0 saturated heterocycles. The molecule has 1 rings (SSSR count). The summed E-state index contributed by atoms with van der Waals surface area (Å²) in [5, 5.41) is 7.54. The van der Waals surface area contributed by atoms with Crippen LogP contribution in [0.25, 0.3) is 0 Å². The number of aromatic amines is 1. The van der Waals surface area contributed by atoms with Crippen molar-refractivity contribution < 1.29 is 0 Å². The average Bonchev–Trinajstić information content (AvgIpc) is 2.02. The zero-order chi connectivity index (χ0) is 7.23. The van der Waals surface area contributed by atoms with E-state index >= 15 is 0 Å². The van der Waals surface area contributed by atoms with Crippen molar-refractivity contribution in [3.63, 3.8) is 0 Å². The number of nitrogens with zero attached hydrogens (tertiary/aromatic N) is 2. The third kappa shape index (κ3) is 2.77. The molecule has 1 heterocycles. The zero-order valence-electron chi connectivity index (χ0n) is 5.16. The molecule has 0 aromatic carbocycles. The highest BCUT2D eigenvalue weighted by Gasteiger charge is 1.74. The van der Waals surface area contributed by atoms with Crippen LogP contribution in [0.4, 0.5) is 0 Å². The maximum absolute atomic E-state index is 3.83. The minimum absolute atomic E-state index is 0.863. The molecule has 0 aliphatic heterocycles. The number of rotatable bonds is 0. The van der Waals surface area contributed by atoms with E-state index in [1.165, 1.54) is 6.33 Å². The molecule has 0 amide bonds. The van der Waals surface area contributed by atoms with Crippen molar-refractivity contribution in [2.45, 2.75) is 0 Å². The smallest absolute Gasteiger partial charge is 0.124 e. The molecule has 0 bridgehead atoms. The first-order valence-corrected chi connectivity index (χ1v) is 3.82. The molecule has 1 N–H and O–H groups in total. The van der Waals surface area contributed by atoms with Crippen LogP contribution in [-0.2, 0) is 0 Å². The number of nitrogens with one attached hydrogen (secondary N) is 1. The number of H-pyrrole nitrogens is 1. The normalized spacial score (nSPS) is 8.50. The van der Waals surface area contributed by atoms with Gasteiger partial charge in [0, 0.05) is 6.20 Å². The van der Waals surface area contributed by atoms with Gasteiger partial charge in [0.25, 0.3) is 0 Å². The lowest BCUT2D eigenvalue weighted by Gasteiger charge is -1.72. The van der Waals surface area contributed by atoms with Crippen LogP contribution >= 0.6 is 22.6 Å². The van der Waals surface area contributed by atoms with Crippen LogP contribution in [-0.4, -0.2) is 15.2 Å². The molecule has 0 atom stereocenters. The fourth-order valence-corrected chi connectivity index (χ4v) is 0.772. The lowest BCUT2D eigenvalue weighted by molar-refractivity contribution is 0.988. The van der Waals surface area contributed by atoms with Gasteiger partial charge in [0.15, 0.2) is 0 Å². The molecule has 0 radical (unpaired) electrons. The quantitative estimate of drug-likeness (QED) is 0.706. The van der Waals surface area contributed by atoms with Crippen LogP contribution in [0, 0.1) is 3.70 Å². The van der Waals surface area contributed by atoms with Crippen molar-refractivity contribution in [3.05, 3.63) is 34.4 Å². The fourth-order valence-electron chi connectivity index (χ4n) is 0.440. The summed E-state index contributed by atoms with van der Waals surface area (Å²) in [6.07, 6.45) is 3.31. The van der Waals surface area contributed by atoms with E-state index in [0.717, 1.165) is 3.70 Å². The molecule has 0 aliphatic carbocycles. The summed E-state index contributed by atoms with van der Waals surface area (Å²) < 4.78 is 0.863. The Bertz CT molecular complexity index is 220. The molecule has 52 valence electrons. The Hall–Kier alpha value is -0.650. The molecular weight excluding hydrogens is 241 g/mol. The van der Waals surface area contributed by atoms with Crippen LogP contribution < -0.4 is 0 Å². The van der Waals surface area contributed by atoms with Crippen LogP contribution in [0.3, 0.4) is 0 Å². The van der Waals surface area contributed by atoms with Crippen molar-refractivity contribution in [1.29, 1.82) is 0 Å². The average molecular weight is 247 g/mol. The number of hydrogen-bond acceptors (Lipinski definition) is 2. The number of aromatic nitrogens is 3. The molecule has 4 heteroatoms. The SMILES string of the molecule is Ic1cccc[nH]cnn1. The maximum Gasteiger partial charge on any atom is 0.124 e. The lowest BCUT2D eigenvalue weighted by Crippen LogP contribution is -1.75. The highest BCUT2D eigenvalue weighted by atomic mass is 127. The summed E-state index contributed by atoms with van der Waals surface area (Å²) in [6, 6.07) is 5.65. The van der Waals surface area contributed by atoms with Crippen molar-refractivity contribution >= 4 is 22.6 Å². The van der Waals surface area contributed by atoms with E-state index in [2.05, 4.69) is 37.8 Å². The maximum atomic E-state index is 3.83. The van der Waals surface area contributed by atoms with Gasteiger partial charge >= 0.3 is 0 Å². The molecule has 1 aromatic rings. The third-order valence-electron chi connectivity index (χ3n) is 0.823. The van der Waals surface area contributed by atoms with Gasteiger partial charge in [-0.1, -0.05) is 6.07 Å². The van der Waals surface area contributed by atoms with Crippen molar-refractivity contribution in [2.24, 2.45) is 0 Å². The summed E-state index contributed by atoms with van der Waals surface area (Å²) in [7, 11) is 0. The molecule has 3 nitrogen and oxygen atoms in total. The molecule has 0 saturated carbocycles. The van der Waals surface area contributed by atoms with Crippen molar-refractivity contribution in [3.8, 4) is 0 Å². The molecule has 0 aliphatic rings. The second kappa shape index (κ2) is 4.21. The van der Waals surface area contributed by atoms with Gasteiger partial charge in [-0.25, -0.2) is 0 Å². The Balaban J connectivity index is 3.13. The summed E-state index contributed by atoms with van der Waals surface area (Å²) in [5.74, 6) is 0.